The number of guanidine groups is 2. The van der Waals surface area contributed by atoms with Gasteiger partial charge in [-0.15, -0.1) is 0 Å². The minimum atomic E-state index is -1.99. The number of nitrogens with one attached hydrogen (secondary N) is 10. The molecule has 0 aromatic heterocycles. The molecule has 36 heteroatoms. The lowest BCUT2D eigenvalue weighted by Gasteiger charge is -2.28. The van der Waals surface area contributed by atoms with Gasteiger partial charge < -0.3 is 108 Å². The van der Waals surface area contributed by atoms with Gasteiger partial charge in [0.2, 0.25) is 64.9 Å². The molecule has 4 unspecified atom stereocenters. The fourth-order valence-corrected chi connectivity index (χ4v) is 6.32. The van der Waals surface area contributed by atoms with Gasteiger partial charge in [-0.05, 0) is 53.4 Å². The number of aliphatic imine (C=N–C) groups is 2. The Hall–Kier alpha value is -8.35. The molecule has 12 atom stereocenters. The topological polar surface area (TPSA) is 624 Å². The highest BCUT2D eigenvalue weighted by Gasteiger charge is 2.37. The first-order valence-electron chi connectivity index (χ1n) is 23.3. The number of amides is 13. The van der Waals surface area contributed by atoms with E-state index in [0.717, 1.165) is 34.6 Å². The van der Waals surface area contributed by atoms with E-state index >= 15 is 0 Å². The summed E-state index contributed by atoms with van der Waals surface area (Å²) in [6.45, 7) is 2.87. The summed E-state index contributed by atoms with van der Waals surface area (Å²) in [4.78, 5) is 174. The van der Waals surface area contributed by atoms with Gasteiger partial charge in [-0.25, -0.2) is 4.79 Å². The number of aliphatic hydroxyl groups is 5. The first-order chi connectivity index (χ1) is 35.7. The Morgan fingerprint density at radius 2 is 0.883 bits per heavy atom. The molecule has 0 saturated carbocycles. The Labute approximate surface area is 439 Å². The number of hydrogen-bond acceptors (Lipinski definition) is 20. The number of carbonyl (C=O) groups excluding carboxylic acids is 13. The number of primary amides is 2. The van der Waals surface area contributed by atoms with Gasteiger partial charge >= 0.3 is 6.03 Å². The predicted molar refractivity (Wildman–Crippen MR) is 264 cm³/mol. The zero-order chi connectivity index (χ0) is 59.4. The van der Waals surface area contributed by atoms with Gasteiger partial charge in [-0.1, -0.05) is 0 Å². The largest absolute Gasteiger partial charge is 0.394 e. The maximum Gasteiger partial charge on any atom is 0.322 e. The Morgan fingerprint density at radius 1 is 0.481 bits per heavy atom. The lowest BCUT2D eigenvalue weighted by molar-refractivity contribution is -0.140. The van der Waals surface area contributed by atoms with Crippen LogP contribution in [-0.4, -0.2) is 213 Å². The van der Waals surface area contributed by atoms with Crippen molar-refractivity contribution in [3.63, 3.8) is 0 Å². The van der Waals surface area contributed by atoms with E-state index in [0.29, 0.717) is 0 Å². The molecule has 0 fully saturated rings. The second-order valence-electron chi connectivity index (χ2n) is 17.1. The van der Waals surface area contributed by atoms with Crippen molar-refractivity contribution in [2.45, 2.75) is 139 Å². The molecule has 0 aliphatic heterocycles. The molecule has 0 spiro atoms. The van der Waals surface area contributed by atoms with Crippen LogP contribution in [0.1, 0.15) is 66.7 Å². The van der Waals surface area contributed by atoms with Crippen molar-refractivity contribution < 1.29 is 87.9 Å². The fraction of sp³-hybridized carbons (Fsp3) is 0.634. The highest BCUT2D eigenvalue weighted by atomic mass is 16.3. The summed E-state index contributed by atoms with van der Waals surface area (Å²) in [5.74, 6) is -15.4. The molecule has 0 aliphatic rings. The standard InChI is InChI=1S/C41H72N18O18/c1-15(61)26(34(72)50-13-25(67)52-22(31(43)69)12-24(42)66)58-41(77)59-38(76)30(68)20(8-6-10-48-39(44)45)53-32(70)21(9-7-11-49-40(46)47)54-35(73)28(17(3)63)56-33(71)23(14-60)55-36(74)29(18(4)64)57-37(75)27(16(2)62)51-19(5)65/h15-18,20-23,26-29,60-64H,6-14H2,1-5H3,(H2,42,66)(H2,43,69)(H,50,72)(H,51,65)(H,52,67)(H,53,70)(H,54,73)(H,55,74)(H,56,71)(H,57,75)(H4,44,45,48)(H4,46,47,49)(H2,58,59,76,77)/t15?,16?,17?,18?,20-,21-,22-,23-,26-,27-,28-,29-/m0/s1. The zero-order valence-electron chi connectivity index (χ0n) is 42.7. The molecule has 27 N–H and O–H groups in total. The minimum absolute atomic E-state index is 0.0833. The molecule has 0 bridgehead atoms. The van der Waals surface area contributed by atoms with Crippen molar-refractivity contribution >= 4 is 88.7 Å². The first kappa shape index (κ1) is 68.7. The van der Waals surface area contributed by atoms with Crippen molar-refractivity contribution in [3.8, 4) is 0 Å². The van der Waals surface area contributed by atoms with Crippen molar-refractivity contribution in [1.29, 1.82) is 0 Å². The summed E-state index contributed by atoms with van der Waals surface area (Å²) < 4.78 is 0. The molecular formula is C41H72N18O18. The summed E-state index contributed by atoms with van der Waals surface area (Å²) in [5, 5.41) is 71.7. The Kier molecular flexibility index (Phi) is 30.5. The molecule has 434 valence electrons. The number of urea groups is 1. The number of nitrogens with zero attached hydrogens (tertiary/aromatic N) is 2. The Balaban J connectivity index is 6.53. The van der Waals surface area contributed by atoms with Gasteiger partial charge in [-0.3, -0.25) is 72.8 Å². The third-order valence-electron chi connectivity index (χ3n) is 10.2. The Morgan fingerprint density at radius 3 is 1.31 bits per heavy atom. The summed E-state index contributed by atoms with van der Waals surface area (Å²) in [7, 11) is 0. The number of nitrogens with two attached hydrogens (primary N) is 6. The molecule has 77 heavy (non-hydrogen) atoms. The van der Waals surface area contributed by atoms with Crippen LogP contribution in [0.2, 0.25) is 0 Å². The molecule has 0 heterocycles. The molecule has 0 aromatic rings. The molecule has 0 radical (unpaired) electrons. The molecular weight excluding hydrogens is 1030 g/mol. The van der Waals surface area contributed by atoms with Gasteiger partial charge in [0, 0.05) is 20.0 Å². The summed E-state index contributed by atoms with van der Waals surface area (Å²) in [5.41, 5.74) is 31.7. The van der Waals surface area contributed by atoms with E-state index in [4.69, 9.17) is 34.4 Å². The number of ketones is 1. The highest BCUT2D eigenvalue weighted by molar-refractivity contribution is 6.40. The fourth-order valence-electron chi connectivity index (χ4n) is 6.32. The third kappa shape index (κ3) is 26.6. The zero-order valence-corrected chi connectivity index (χ0v) is 42.7. The normalized spacial score (nSPS) is 15.5. The van der Waals surface area contributed by atoms with Crippen molar-refractivity contribution in [3.05, 3.63) is 0 Å². The maximum absolute atomic E-state index is 14.0. The van der Waals surface area contributed by atoms with Crippen molar-refractivity contribution in [2.75, 3.05) is 26.2 Å². The first-order valence-corrected chi connectivity index (χ1v) is 23.3. The van der Waals surface area contributed by atoms with E-state index < -0.39 is 176 Å². The van der Waals surface area contributed by atoms with Crippen LogP contribution < -0.4 is 87.6 Å². The van der Waals surface area contributed by atoms with Crippen LogP contribution in [0, 0.1) is 0 Å². The molecule has 13 amide bonds. The van der Waals surface area contributed by atoms with Crippen LogP contribution in [0.25, 0.3) is 0 Å². The van der Waals surface area contributed by atoms with Gasteiger partial charge in [0.1, 0.15) is 42.3 Å². The number of hydrogen-bond donors (Lipinski definition) is 21. The van der Waals surface area contributed by atoms with Crippen molar-refractivity contribution in [1.82, 2.24) is 53.2 Å². The predicted octanol–water partition coefficient (Wildman–Crippen LogP) is -12.7. The van der Waals surface area contributed by atoms with Gasteiger partial charge in [0.05, 0.1) is 50.0 Å². The van der Waals surface area contributed by atoms with E-state index in [-0.39, 0.29) is 44.3 Å². The number of carbonyl (C=O) groups is 13. The van der Waals surface area contributed by atoms with E-state index in [1.54, 1.807) is 5.32 Å². The van der Waals surface area contributed by atoms with Crippen LogP contribution >= 0.6 is 0 Å². The number of aliphatic hydroxyl groups excluding tert-OH is 5. The van der Waals surface area contributed by atoms with E-state index in [2.05, 4.69) is 41.9 Å². The summed E-state index contributed by atoms with van der Waals surface area (Å²) in [6, 6.07) is -16.0. The van der Waals surface area contributed by atoms with Gasteiger partial charge in [-0.2, -0.15) is 0 Å². The average molecular weight is 1110 g/mol. The lowest BCUT2D eigenvalue weighted by atomic mass is 10.0. The average Bonchev–Trinajstić information content (AvgIpc) is 3.31. The summed E-state index contributed by atoms with van der Waals surface area (Å²) in [6.07, 6.45) is -8.38. The summed E-state index contributed by atoms with van der Waals surface area (Å²) >= 11 is 0. The third-order valence-corrected chi connectivity index (χ3v) is 10.2. The van der Waals surface area contributed by atoms with Crippen LogP contribution in [0.4, 0.5) is 4.79 Å². The van der Waals surface area contributed by atoms with Crippen LogP contribution in [0.3, 0.4) is 0 Å². The molecule has 0 saturated heterocycles. The molecule has 36 nitrogen and oxygen atoms in total. The van der Waals surface area contributed by atoms with E-state index in [1.165, 1.54) is 0 Å². The number of imide groups is 1. The van der Waals surface area contributed by atoms with Crippen LogP contribution in [-0.2, 0) is 57.5 Å². The molecule has 0 rings (SSSR count). The SMILES string of the molecule is CC(=O)N[C@H](C(=O)N[C@H](C(=O)N[C@@H](CO)C(=O)N[C@H](C(=O)N[C@@H](CCCN=C(N)N)C(=O)N[C@@H](CCCN=C(N)N)C(=O)C(=O)NC(=O)N[C@H](C(=O)NCC(=O)N[C@@H](CC(N)=O)C(N)=O)C(C)O)C(C)O)C(C)O)C(C)O. The molecule has 0 aromatic carbocycles. The van der Waals surface area contributed by atoms with Gasteiger partial charge in [0.25, 0.3) is 5.91 Å². The minimum Gasteiger partial charge on any atom is -0.394 e. The number of rotatable bonds is 34. The smallest absolute Gasteiger partial charge is 0.322 e. The second-order valence-corrected chi connectivity index (χ2v) is 17.1. The van der Waals surface area contributed by atoms with E-state index in [9.17, 15) is 87.9 Å². The van der Waals surface area contributed by atoms with Gasteiger partial charge in [0.15, 0.2) is 11.9 Å². The highest BCUT2D eigenvalue weighted by Crippen LogP contribution is 2.08. The second kappa shape index (κ2) is 34.3. The quantitative estimate of drug-likeness (QED) is 0.0123. The Bertz CT molecular complexity index is 2180. The maximum atomic E-state index is 14.0. The molecule has 0 aliphatic carbocycles. The van der Waals surface area contributed by atoms with E-state index in [1.807, 2.05) is 16.0 Å². The number of Topliss-reactive ketones (excluding diaryl/α,β-unsaturated/α-hetero) is 1. The van der Waals surface area contributed by atoms with Crippen molar-refractivity contribution in [2.24, 2.45) is 44.4 Å². The monoisotopic (exact) mass is 1100 g/mol. The lowest BCUT2D eigenvalue weighted by Crippen LogP contribution is -2.63. The van der Waals surface area contributed by atoms with Crippen LogP contribution in [0.5, 0.6) is 0 Å². The van der Waals surface area contributed by atoms with Crippen LogP contribution in [0.15, 0.2) is 9.98 Å².